The number of benzene rings is 3. The van der Waals surface area contributed by atoms with Gasteiger partial charge in [0.05, 0.1) is 10.6 Å². The number of amides is 2. The van der Waals surface area contributed by atoms with Gasteiger partial charge >= 0.3 is 0 Å². The topological polar surface area (TPSA) is 46.6 Å². The molecule has 0 spiro atoms. The number of rotatable bonds is 5. The second kappa shape index (κ2) is 8.78. The largest absolute Gasteiger partial charge is 0.489 e. The van der Waals surface area contributed by atoms with Crippen molar-refractivity contribution in [2.45, 2.75) is 13.5 Å². The highest BCUT2D eigenvalue weighted by molar-refractivity contribution is 8.19. The van der Waals surface area contributed by atoms with Crippen LogP contribution in [-0.4, -0.2) is 11.1 Å². The van der Waals surface area contributed by atoms with E-state index in [-0.39, 0.29) is 11.1 Å². The molecule has 0 bridgehead atoms. The standard InChI is InChI=1S/C24H18ClNO3S/c1-16-4-2-6-20(12-16)26-23(27)22(30-24(26)28)14-18-5-3-7-21(13-18)29-15-17-8-10-19(25)11-9-17/h2-14H,15H2,1H3/b22-14-. The lowest BCUT2D eigenvalue weighted by molar-refractivity contribution is -0.113. The summed E-state index contributed by atoms with van der Waals surface area (Å²) in [5.74, 6) is 0.361. The number of carbonyl (C=O) groups excluding carboxylic acids is 2. The molecule has 0 aromatic heterocycles. The normalized spacial score (nSPS) is 15.1. The van der Waals surface area contributed by atoms with Gasteiger partial charge < -0.3 is 4.74 Å². The summed E-state index contributed by atoms with van der Waals surface area (Å²) in [6, 6.07) is 22.2. The van der Waals surface area contributed by atoms with Crippen molar-refractivity contribution in [3.05, 3.63) is 99.4 Å². The van der Waals surface area contributed by atoms with Crippen molar-refractivity contribution in [2.75, 3.05) is 4.90 Å². The van der Waals surface area contributed by atoms with Gasteiger partial charge in [-0.1, -0.05) is 48.0 Å². The first-order valence-electron chi connectivity index (χ1n) is 9.31. The molecule has 2 amide bonds. The van der Waals surface area contributed by atoms with E-state index in [9.17, 15) is 9.59 Å². The summed E-state index contributed by atoms with van der Waals surface area (Å²) in [4.78, 5) is 26.9. The van der Waals surface area contributed by atoms with Crippen LogP contribution >= 0.6 is 23.4 Å². The lowest BCUT2D eigenvalue weighted by atomic mass is 10.2. The highest BCUT2D eigenvalue weighted by Gasteiger charge is 2.36. The highest BCUT2D eigenvalue weighted by atomic mass is 35.5. The van der Waals surface area contributed by atoms with Crippen molar-refractivity contribution in [3.63, 3.8) is 0 Å². The first-order valence-corrected chi connectivity index (χ1v) is 10.5. The number of anilines is 1. The number of halogens is 1. The van der Waals surface area contributed by atoms with E-state index in [0.29, 0.717) is 28.0 Å². The maximum absolute atomic E-state index is 12.8. The number of hydrogen-bond donors (Lipinski definition) is 0. The van der Waals surface area contributed by atoms with Crippen LogP contribution in [0.25, 0.3) is 6.08 Å². The molecule has 30 heavy (non-hydrogen) atoms. The Morgan fingerprint density at radius 2 is 1.77 bits per heavy atom. The Kier molecular flexibility index (Phi) is 5.93. The fraction of sp³-hybridized carbons (Fsp3) is 0.0833. The minimum absolute atomic E-state index is 0.299. The summed E-state index contributed by atoms with van der Waals surface area (Å²) >= 11 is 6.85. The Hall–Kier alpha value is -3.02. The quantitative estimate of drug-likeness (QED) is 0.431. The van der Waals surface area contributed by atoms with E-state index in [1.165, 1.54) is 4.90 Å². The molecule has 0 saturated carbocycles. The second-order valence-corrected chi connectivity index (χ2v) is 8.27. The molecule has 4 nitrogen and oxygen atoms in total. The summed E-state index contributed by atoms with van der Waals surface area (Å²) in [6.07, 6.45) is 1.72. The number of hydrogen-bond acceptors (Lipinski definition) is 4. The van der Waals surface area contributed by atoms with Gasteiger partial charge in [-0.2, -0.15) is 0 Å². The van der Waals surface area contributed by atoms with Crippen LogP contribution in [0.15, 0.2) is 77.7 Å². The average molecular weight is 436 g/mol. The Morgan fingerprint density at radius 3 is 2.53 bits per heavy atom. The number of nitrogens with zero attached hydrogens (tertiary/aromatic N) is 1. The van der Waals surface area contributed by atoms with Crippen molar-refractivity contribution in [2.24, 2.45) is 0 Å². The second-order valence-electron chi connectivity index (χ2n) is 6.84. The first-order chi connectivity index (χ1) is 14.5. The maximum Gasteiger partial charge on any atom is 0.298 e. The third-order valence-corrected chi connectivity index (χ3v) is 5.65. The zero-order valence-corrected chi connectivity index (χ0v) is 17.7. The Bertz CT molecular complexity index is 1140. The number of carbonyl (C=O) groups is 2. The predicted molar refractivity (Wildman–Crippen MR) is 122 cm³/mol. The number of imide groups is 1. The van der Waals surface area contributed by atoms with Gasteiger partial charge in [0.1, 0.15) is 12.4 Å². The molecule has 1 heterocycles. The fourth-order valence-electron chi connectivity index (χ4n) is 3.05. The van der Waals surface area contributed by atoms with Crippen LogP contribution < -0.4 is 9.64 Å². The molecule has 0 unspecified atom stereocenters. The number of thioether (sulfide) groups is 1. The van der Waals surface area contributed by atoms with Gasteiger partial charge in [-0.3, -0.25) is 9.59 Å². The zero-order chi connectivity index (χ0) is 21.1. The van der Waals surface area contributed by atoms with Crippen molar-refractivity contribution in [1.29, 1.82) is 0 Å². The Morgan fingerprint density at radius 1 is 1.00 bits per heavy atom. The van der Waals surface area contributed by atoms with Crippen molar-refractivity contribution in [1.82, 2.24) is 0 Å². The molecule has 0 aliphatic carbocycles. The smallest absolute Gasteiger partial charge is 0.298 e. The lowest BCUT2D eigenvalue weighted by Crippen LogP contribution is -2.27. The van der Waals surface area contributed by atoms with Crippen molar-refractivity contribution < 1.29 is 14.3 Å². The fourth-order valence-corrected chi connectivity index (χ4v) is 4.02. The average Bonchev–Trinajstić information content (AvgIpc) is 3.01. The molecule has 4 rings (SSSR count). The minimum Gasteiger partial charge on any atom is -0.489 e. The Labute approximate surface area is 184 Å². The summed E-state index contributed by atoms with van der Waals surface area (Å²) in [6.45, 7) is 2.33. The number of ether oxygens (including phenoxy) is 1. The van der Waals surface area contributed by atoms with Gasteiger partial charge in [-0.25, -0.2) is 4.90 Å². The molecule has 1 fully saturated rings. The molecule has 1 aliphatic rings. The summed E-state index contributed by atoms with van der Waals surface area (Å²) in [7, 11) is 0. The Balaban J connectivity index is 1.50. The molecule has 0 radical (unpaired) electrons. The minimum atomic E-state index is -0.317. The zero-order valence-electron chi connectivity index (χ0n) is 16.2. The molecule has 3 aromatic rings. The van der Waals surface area contributed by atoms with E-state index in [1.54, 1.807) is 12.1 Å². The van der Waals surface area contributed by atoms with Crippen LogP contribution in [0.4, 0.5) is 10.5 Å². The lowest BCUT2D eigenvalue weighted by Gasteiger charge is -2.12. The first kappa shape index (κ1) is 20.3. The van der Waals surface area contributed by atoms with Crippen LogP contribution in [0.5, 0.6) is 5.75 Å². The molecule has 150 valence electrons. The molecule has 1 saturated heterocycles. The van der Waals surface area contributed by atoms with Crippen LogP contribution in [0, 0.1) is 6.92 Å². The summed E-state index contributed by atoms with van der Waals surface area (Å²) in [5, 5.41) is 0.382. The highest BCUT2D eigenvalue weighted by Crippen LogP contribution is 2.36. The van der Waals surface area contributed by atoms with Gasteiger partial charge in [-0.15, -0.1) is 0 Å². The maximum atomic E-state index is 12.8. The van der Waals surface area contributed by atoms with E-state index in [1.807, 2.05) is 73.7 Å². The van der Waals surface area contributed by atoms with Gasteiger partial charge in [0.25, 0.3) is 11.1 Å². The van der Waals surface area contributed by atoms with E-state index >= 15 is 0 Å². The third kappa shape index (κ3) is 4.58. The molecule has 1 aliphatic heterocycles. The molecular weight excluding hydrogens is 418 g/mol. The molecular formula is C24H18ClNO3S. The predicted octanol–water partition coefficient (Wildman–Crippen LogP) is 6.47. The van der Waals surface area contributed by atoms with Crippen LogP contribution in [-0.2, 0) is 11.4 Å². The van der Waals surface area contributed by atoms with E-state index < -0.39 is 0 Å². The van der Waals surface area contributed by atoms with Crippen LogP contribution in [0.2, 0.25) is 5.02 Å². The van der Waals surface area contributed by atoms with Crippen molar-refractivity contribution in [3.8, 4) is 5.75 Å². The molecule has 6 heteroatoms. The summed E-state index contributed by atoms with van der Waals surface area (Å²) in [5.41, 5.74) is 3.37. The SMILES string of the molecule is Cc1cccc(N2C(=O)S/C(=C\c3cccc(OCc4ccc(Cl)cc4)c3)C2=O)c1. The van der Waals surface area contributed by atoms with Crippen LogP contribution in [0.3, 0.4) is 0 Å². The van der Waals surface area contributed by atoms with E-state index in [4.69, 9.17) is 16.3 Å². The monoisotopic (exact) mass is 435 g/mol. The molecule has 3 aromatic carbocycles. The summed E-state index contributed by atoms with van der Waals surface area (Å²) < 4.78 is 5.85. The van der Waals surface area contributed by atoms with Gasteiger partial charge in [0, 0.05) is 5.02 Å². The van der Waals surface area contributed by atoms with E-state index in [0.717, 1.165) is 28.5 Å². The van der Waals surface area contributed by atoms with Gasteiger partial charge in [-0.05, 0) is 77.9 Å². The van der Waals surface area contributed by atoms with Gasteiger partial charge in [0.15, 0.2) is 0 Å². The molecule has 0 N–H and O–H groups in total. The van der Waals surface area contributed by atoms with Crippen LogP contribution in [0.1, 0.15) is 16.7 Å². The third-order valence-electron chi connectivity index (χ3n) is 4.53. The van der Waals surface area contributed by atoms with E-state index in [2.05, 4.69) is 0 Å². The number of aryl methyl sites for hydroxylation is 1. The van der Waals surface area contributed by atoms with Gasteiger partial charge in [0.2, 0.25) is 0 Å². The molecule has 0 atom stereocenters. The van der Waals surface area contributed by atoms with Crippen molar-refractivity contribution >= 4 is 46.3 Å².